The number of nitrogens with one attached hydrogen (secondary N) is 1. The lowest BCUT2D eigenvalue weighted by Gasteiger charge is -2.36. The molecule has 2 aromatic carbocycles. The standard InChI is InChI=1S/C24H24F4N2O5S/c1-36(33,34)17-5-2-4-15(10-17)23(32)30-9-3-6-20(30)22(31)29-21(16-12-35-13-16)14-7-8-18(19(25)11-14)24(26,27)28/h2,4-5,7-8,10-11,16,20-21H,3,6,9,12-13H2,1H3,(H,29,31)/t20-,21+/m1/s1. The first kappa shape index (κ1) is 26.1. The second-order valence-corrected chi connectivity index (χ2v) is 11.0. The second kappa shape index (κ2) is 9.81. The largest absolute Gasteiger partial charge is 0.419 e. The Balaban J connectivity index is 1.55. The quantitative estimate of drug-likeness (QED) is 0.581. The molecule has 0 radical (unpaired) electrons. The average molecular weight is 529 g/mol. The van der Waals surface area contributed by atoms with E-state index in [9.17, 15) is 35.6 Å². The number of benzene rings is 2. The Morgan fingerprint density at radius 3 is 2.44 bits per heavy atom. The monoisotopic (exact) mass is 528 g/mol. The predicted octanol–water partition coefficient (Wildman–Crippen LogP) is 3.36. The third-order valence-electron chi connectivity index (χ3n) is 6.42. The van der Waals surface area contributed by atoms with Crippen LogP contribution < -0.4 is 5.32 Å². The molecule has 7 nitrogen and oxygen atoms in total. The van der Waals surface area contributed by atoms with E-state index in [0.717, 1.165) is 18.4 Å². The zero-order valence-electron chi connectivity index (χ0n) is 19.2. The lowest BCUT2D eigenvalue weighted by Crippen LogP contribution is -2.50. The van der Waals surface area contributed by atoms with Gasteiger partial charge >= 0.3 is 6.18 Å². The summed E-state index contributed by atoms with van der Waals surface area (Å²) in [6, 6.07) is 6.38. The van der Waals surface area contributed by atoms with E-state index in [-0.39, 0.29) is 41.7 Å². The maximum atomic E-state index is 14.2. The Kier molecular flexibility index (Phi) is 7.11. The molecule has 2 fully saturated rings. The van der Waals surface area contributed by atoms with E-state index in [4.69, 9.17) is 4.74 Å². The van der Waals surface area contributed by atoms with Crippen molar-refractivity contribution >= 4 is 21.7 Å². The SMILES string of the molecule is CS(=O)(=O)c1cccc(C(=O)N2CCC[C@@H]2C(=O)N[C@@H](c2ccc(C(F)(F)F)c(F)c2)C2COC2)c1. The predicted molar refractivity (Wildman–Crippen MR) is 120 cm³/mol. The third kappa shape index (κ3) is 5.39. The highest BCUT2D eigenvalue weighted by molar-refractivity contribution is 7.90. The van der Waals surface area contributed by atoms with Gasteiger partial charge in [0.1, 0.15) is 11.9 Å². The normalized spacial score (nSPS) is 19.6. The summed E-state index contributed by atoms with van der Waals surface area (Å²) in [5.41, 5.74) is -1.12. The van der Waals surface area contributed by atoms with Gasteiger partial charge in [-0.1, -0.05) is 12.1 Å². The Bertz CT molecular complexity index is 1280. The van der Waals surface area contributed by atoms with E-state index in [0.29, 0.717) is 18.9 Å². The first-order valence-electron chi connectivity index (χ1n) is 11.2. The lowest BCUT2D eigenvalue weighted by atomic mass is 9.90. The molecule has 0 saturated carbocycles. The Morgan fingerprint density at radius 1 is 1.14 bits per heavy atom. The highest BCUT2D eigenvalue weighted by Gasteiger charge is 2.39. The van der Waals surface area contributed by atoms with E-state index >= 15 is 0 Å². The van der Waals surface area contributed by atoms with Crippen molar-refractivity contribution in [3.05, 3.63) is 65.0 Å². The molecule has 12 heteroatoms. The van der Waals surface area contributed by atoms with Crippen LogP contribution in [0.15, 0.2) is 47.4 Å². The number of amides is 2. The van der Waals surface area contributed by atoms with Gasteiger partial charge in [-0.25, -0.2) is 12.8 Å². The van der Waals surface area contributed by atoms with Crippen molar-refractivity contribution in [1.82, 2.24) is 10.2 Å². The van der Waals surface area contributed by atoms with E-state index in [2.05, 4.69) is 5.32 Å². The molecule has 36 heavy (non-hydrogen) atoms. The molecular weight excluding hydrogens is 504 g/mol. The third-order valence-corrected chi connectivity index (χ3v) is 7.53. The van der Waals surface area contributed by atoms with Crippen molar-refractivity contribution < 1.29 is 40.3 Å². The number of nitrogens with zero attached hydrogens (tertiary/aromatic N) is 1. The van der Waals surface area contributed by atoms with Crippen molar-refractivity contribution in [2.75, 3.05) is 26.0 Å². The van der Waals surface area contributed by atoms with Crippen LogP contribution in [-0.4, -0.2) is 57.2 Å². The Morgan fingerprint density at radius 2 is 1.86 bits per heavy atom. The van der Waals surface area contributed by atoms with Gasteiger partial charge in [0.15, 0.2) is 9.84 Å². The summed E-state index contributed by atoms with van der Waals surface area (Å²) in [5.74, 6) is -2.76. The number of alkyl halides is 3. The second-order valence-electron chi connectivity index (χ2n) is 8.98. The summed E-state index contributed by atoms with van der Waals surface area (Å²) >= 11 is 0. The van der Waals surface area contributed by atoms with Gasteiger partial charge in [-0.05, 0) is 48.7 Å². The molecule has 4 rings (SSSR count). The average Bonchev–Trinajstić information content (AvgIpc) is 3.25. The highest BCUT2D eigenvalue weighted by atomic mass is 32.2. The van der Waals surface area contributed by atoms with Crippen LogP contribution in [0.25, 0.3) is 0 Å². The molecular formula is C24H24F4N2O5S. The maximum absolute atomic E-state index is 14.2. The number of sulfone groups is 1. The van der Waals surface area contributed by atoms with Crippen LogP contribution in [0.4, 0.5) is 17.6 Å². The van der Waals surface area contributed by atoms with Crippen LogP contribution in [-0.2, 0) is 25.5 Å². The topological polar surface area (TPSA) is 92.8 Å². The van der Waals surface area contributed by atoms with Crippen molar-refractivity contribution in [2.45, 2.75) is 36.0 Å². The number of carbonyl (C=O) groups excluding carboxylic acids is 2. The van der Waals surface area contributed by atoms with E-state index < -0.39 is 51.3 Å². The van der Waals surface area contributed by atoms with Crippen molar-refractivity contribution in [3.63, 3.8) is 0 Å². The van der Waals surface area contributed by atoms with Crippen molar-refractivity contribution in [1.29, 1.82) is 0 Å². The molecule has 1 N–H and O–H groups in total. The number of hydrogen-bond donors (Lipinski definition) is 1. The molecule has 194 valence electrons. The summed E-state index contributed by atoms with van der Waals surface area (Å²) in [7, 11) is -3.54. The number of likely N-dealkylation sites (tertiary alicyclic amines) is 1. The number of rotatable bonds is 6. The van der Waals surface area contributed by atoms with Crippen LogP contribution in [0.5, 0.6) is 0 Å². The molecule has 0 aliphatic carbocycles. The smallest absolute Gasteiger partial charge is 0.381 e. The molecule has 2 aliphatic heterocycles. The molecule has 2 heterocycles. The maximum Gasteiger partial charge on any atom is 0.419 e. The van der Waals surface area contributed by atoms with Crippen LogP contribution in [0.2, 0.25) is 0 Å². The zero-order valence-corrected chi connectivity index (χ0v) is 20.0. The molecule has 2 atom stereocenters. The minimum Gasteiger partial charge on any atom is -0.381 e. The number of carbonyl (C=O) groups is 2. The van der Waals surface area contributed by atoms with Crippen LogP contribution in [0, 0.1) is 11.7 Å². The molecule has 0 aromatic heterocycles. The van der Waals surface area contributed by atoms with Gasteiger partial charge < -0.3 is 15.0 Å². The summed E-state index contributed by atoms with van der Waals surface area (Å²) in [6.45, 7) is 0.741. The van der Waals surface area contributed by atoms with Crippen LogP contribution in [0.3, 0.4) is 0 Å². The van der Waals surface area contributed by atoms with Gasteiger partial charge in [-0.15, -0.1) is 0 Å². The molecule has 2 saturated heterocycles. The van der Waals surface area contributed by atoms with Crippen molar-refractivity contribution in [2.24, 2.45) is 5.92 Å². The highest BCUT2D eigenvalue weighted by Crippen LogP contribution is 2.35. The Hall–Kier alpha value is -2.99. The zero-order chi connectivity index (χ0) is 26.3. The fourth-order valence-electron chi connectivity index (χ4n) is 4.43. The summed E-state index contributed by atoms with van der Waals surface area (Å²) < 4.78 is 82.1. The number of hydrogen-bond acceptors (Lipinski definition) is 5. The summed E-state index contributed by atoms with van der Waals surface area (Å²) in [6.07, 6.45) is -2.95. The van der Waals surface area contributed by atoms with E-state index in [1.165, 1.54) is 29.2 Å². The van der Waals surface area contributed by atoms with Gasteiger partial charge in [-0.3, -0.25) is 9.59 Å². The van der Waals surface area contributed by atoms with Gasteiger partial charge in [0, 0.05) is 24.3 Å². The number of halogens is 4. The molecule has 2 aromatic rings. The first-order valence-corrected chi connectivity index (χ1v) is 13.1. The molecule has 2 aliphatic rings. The van der Waals surface area contributed by atoms with Crippen molar-refractivity contribution in [3.8, 4) is 0 Å². The molecule has 0 spiro atoms. The van der Waals surface area contributed by atoms with Crippen LogP contribution >= 0.6 is 0 Å². The fraction of sp³-hybridized carbons (Fsp3) is 0.417. The minimum absolute atomic E-state index is 0.0251. The molecule has 0 unspecified atom stereocenters. The van der Waals surface area contributed by atoms with E-state index in [1.807, 2.05) is 0 Å². The van der Waals surface area contributed by atoms with Gasteiger partial charge in [0.05, 0.1) is 29.7 Å². The van der Waals surface area contributed by atoms with Crippen LogP contribution in [0.1, 0.15) is 40.4 Å². The lowest BCUT2D eigenvalue weighted by molar-refractivity contribution is -0.140. The number of ether oxygens (including phenoxy) is 1. The summed E-state index contributed by atoms with van der Waals surface area (Å²) in [5, 5.41) is 2.78. The Labute approximate surface area is 205 Å². The minimum atomic E-state index is -4.85. The summed E-state index contributed by atoms with van der Waals surface area (Å²) in [4.78, 5) is 27.7. The van der Waals surface area contributed by atoms with Gasteiger partial charge in [-0.2, -0.15) is 13.2 Å². The first-order chi connectivity index (χ1) is 16.9. The fourth-order valence-corrected chi connectivity index (χ4v) is 5.10. The van der Waals surface area contributed by atoms with E-state index in [1.54, 1.807) is 0 Å². The molecule has 0 bridgehead atoms. The molecule has 2 amide bonds. The van der Waals surface area contributed by atoms with Gasteiger partial charge in [0.25, 0.3) is 5.91 Å². The van der Waals surface area contributed by atoms with Gasteiger partial charge in [0.2, 0.25) is 5.91 Å².